The Morgan fingerprint density at radius 1 is 0.733 bits per heavy atom. The van der Waals surface area contributed by atoms with E-state index in [1.165, 1.54) is 49.5 Å². The summed E-state index contributed by atoms with van der Waals surface area (Å²) in [7, 11) is 2.08. The molecule has 0 amide bonds. The molecule has 0 bridgehead atoms. The van der Waals surface area contributed by atoms with Gasteiger partial charge in [0.05, 0.1) is 11.2 Å². The summed E-state index contributed by atoms with van der Waals surface area (Å²) in [5.41, 5.74) is 11.8. The minimum absolute atomic E-state index is 0.125. The van der Waals surface area contributed by atoms with Gasteiger partial charge in [-0.05, 0) is 104 Å². The quantitative estimate of drug-likeness (QED) is 0.135. The van der Waals surface area contributed by atoms with Crippen LogP contribution in [0.5, 0.6) is 0 Å². The number of fused-ring (bicyclic) bond motifs is 6. The second-order valence-corrected chi connectivity index (χ2v) is 16.3. The SMILES string of the molecule is C#C/C=C\CC(C)(CC)n1c2ccccc2c2cc([C@H]3CC=Cc4c3c3ccccc3n4-c3ccc(C4=NC(c5ccccc5)N(C)C(c5ccccc5)=N4)cc3)ccc21. The van der Waals surface area contributed by atoms with E-state index in [0.717, 1.165) is 53.3 Å². The molecular formula is C55H47N5. The zero-order valence-electron chi connectivity index (χ0n) is 34.3. The highest BCUT2D eigenvalue weighted by atomic mass is 15.3. The standard InChI is InChI=1S/C55H47N5/c1-5-7-18-36-55(3,6-2)60-48-28-17-14-24-44(48)46-37-41(32-35-49(46)60)43-26-19-29-50-51(43)45-25-15-16-27-47(45)59(50)42-33-30-38(31-34-42)52-56-53(39-20-10-8-11-21-39)58(4)54(57-52)40-22-12-9-13-23-40/h1,7-25,27-35,37,43,53H,6,26,36H2,2-4H3/b18-7-/t43-,53?,55?/m1/s1. The number of terminal acetylenes is 1. The van der Waals surface area contributed by atoms with Crippen LogP contribution in [0.25, 0.3) is 44.5 Å². The van der Waals surface area contributed by atoms with Crippen LogP contribution in [0.1, 0.15) is 78.7 Å². The number of amidine groups is 2. The lowest BCUT2D eigenvalue weighted by Gasteiger charge is -2.32. The molecule has 0 spiro atoms. The summed E-state index contributed by atoms with van der Waals surface area (Å²) in [4.78, 5) is 12.6. The Morgan fingerprint density at radius 3 is 2.17 bits per heavy atom. The van der Waals surface area contributed by atoms with Crippen LogP contribution >= 0.6 is 0 Å². The van der Waals surface area contributed by atoms with Crippen LogP contribution in [0.15, 0.2) is 180 Å². The van der Waals surface area contributed by atoms with E-state index in [1.807, 2.05) is 18.2 Å². The number of para-hydroxylation sites is 2. The molecule has 0 fully saturated rings. The average Bonchev–Trinajstić information content (AvgIpc) is 3.83. The van der Waals surface area contributed by atoms with Crippen molar-refractivity contribution in [1.82, 2.24) is 14.0 Å². The Labute approximate surface area is 352 Å². The summed E-state index contributed by atoms with van der Waals surface area (Å²) in [6, 6.07) is 54.6. The van der Waals surface area contributed by atoms with E-state index in [4.69, 9.17) is 16.4 Å². The fourth-order valence-corrected chi connectivity index (χ4v) is 9.60. The number of nitrogens with zero attached hydrogens (tertiary/aromatic N) is 5. The molecule has 60 heavy (non-hydrogen) atoms. The number of allylic oxidation sites excluding steroid dienone is 3. The predicted molar refractivity (Wildman–Crippen MR) is 251 cm³/mol. The van der Waals surface area contributed by atoms with Crippen molar-refractivity contribution in [2.24, 2.45) is 9.98 Å². The van der Waals surface area contributed by atoms with Crippen molar-refractivity contribution in [1.29, 1.82) is 0 Å². The maximum Gasteiger partial charge on any atom is 0.159 e. The minimum Gasteiger partial charge on any atom is -0.334 e. The summed E-state index contributed by atoms with van der Waals surface area (Å²) in [6.07, 6.45) is 16.8. The monoisotopic (exact) mass is 777 g/mol. The number of benzene rings is 6. The molecule has 2 aromatic heterocycles. The molecule has 10 rings (SSSR count). The van der Waals surface area contributed by atoms with Gasteiger partial charge in [-0.2, -0.15) is 0 Å². The van der Waals surface area contributed by atoms with Crippen LogP contribution in [-0.4, -0.2) is 32.8 Å². The predicted octanol–water partition coefficient (Wildman–Crippen LogP) is 12.8. The zero-order chi connectivity index (χ0) is 40.8. The number of hydrogen-bond donors (Lipinski definition) is 0. The molecule has 1 aliphatic heterocycles. The molecule has 3 atom stereocenters. The summed E-state index contributed by atoms with van der Waals surface area (Å²) in [6.45, 7) is 4.63. The van der Waals surface area contributed by atoms with Gasteiger partial charge in [-0.25, -0.2) is 9.98 Å². The smallest absolute Gasteiger partial charge is 0.159 e. The van der Waals surface area contributed by atoms with Gasteiger partial charge in [-0.15, -0.1) is 6.42 Å². The highest BCUT2D eigenvalue weighted by Gasteiger charge is 2.31. The fraction of sp³-hybridized carbons (Fsp3) is 0.164. The van der Waals surface area contributed by atoms with Crippen LogP contribution in [0.4, 0.5) is 0 Å². The van der Waals surface area contributed by atoms with E-state index < -0.39 is 0 Å². The third-order valence-electron chi connectivity index (χ3n) is 12.8. The van der Waals surface area contributed by atoms with E-state index in [9.17, 15) is 0 Å². The van der Waals surface area contributed by atoms with Crippen LogP contribution in [0.3, 0.4) is 0 Å². The van der Waals surface area contributed by atoms with Gasteiger partial charge in [-0.1, -0.05) is 128 Å². The highest BCUT2D eigenvalue weighted by Crippen LogP contribution is 2.45. The second-order valence-electron chi connectivity index (χ2n) is 16.3. The van der Waals surface area contributed by atoms with Crippen LogP contribution in [0, 0.1) is 12.3 Å². The molecule has 0 saturated carbocycles. The van der Waals surface area contributed by atoms with Gasteiger partial charge < -0.3 is 14.0 Å². The van der Waals surface area contributed by atoms with Crippen molar-refractivity contribution in [2.75, 3.05) is 7.05 Å². The summed E-state index contributed by atoms with van der Waals surface area (Å²) >= 11 is 0. The summed E-state index contributed by atoms with van der Waals surface area (Å²) < 4.78 is 4.98. The Balaban J connectivity index is 1.06. The van der Waals surface area contributed by atoms with E-state index >= 15 is 0 Å². The molecule has 2 unspecified atom stereocenters. The summed E-state index contributed by atoms with van der Waals surface area (Å²) in [5.74, 6) is 4.52. The molecule has 6 aromatic carbocycles. The molecular weight excluding hydrogens is 731 g/mol. The molecule has 5 heteroatoms. The van der Waals surface area contributed by atoms with Gasteiger partial charge in [-0.3, -0.25) is 0 Å². The molecule has 0 radical (unpaired) electrons. The van der Waals surface area contributed by atoms with Crippen molar-refractivity contribution in [3.05, 3.63) is 203 Å². The van der Waals surface area contributed by atoms with Crippen molar-refractivity contribution in [3.8, 4) is 18.0 Å². The molecule has 0 saturated heterocycles. The van der Waals surface area contributed by atoms with Crippen LogP contribution in [-0.2, 0) is 5.54 Å². The maximum atomic E-state index is 5.61. The second kappa shape index (κ2) is 15.2. The first-order valence-electron chi connectivity index (χ1n) is 21.0. The third kappa shape index (κ3) is 6.19. The molecule has 0 N–H and O–H groups in total. The van der Waals surface area contributed by atoms with E-state index in [1.54, 1.807) is 0 Å². The average molecular weight is 778 g/mol. The third-order valence-corrected chi connectivity index (χ3v) is 12.8. The lowest BCUT2D eigenvalue weighted by atomic mass is 9.83. The Bertz CT molecular complexity index is 3060. The lowest BCUT2D eigenvalue weighted by Crippen LogP contribution is -2.35. The molecule has 5 nitrogen and oxygen atoms in total. The lowest BCUT2D eigenvalue weighted by molar-refractivity contribution is 0.329. The first-order valence-corrected chi connectivity index (χ1v) is 21.0. The first kappa shape index (κ1) is 37.1. The van der Waals surface area contributed by atoms with Gasteiger partial charge in [0.2, 0.25) is 0 Å². The van der Waals surface area contributed by atoms with Gasteiger partial charge in [0.15, 0.2) is 5.84 Å². The van der Waals surface area contributed by atoms with Crippen LogP contribution in [0.2, 0.25) is 0 Å². The Hall–Kier alpha value is -7.16. The zero-order valence-corrected chi connectivity index (χ0v) is 34.3. The van der Waals surface area contributed by atoms with Gasteiger partial charge in [0, 0.05) is 62.5 Å². The molecule has 8 aromatic rings. The number of aliphatic imine (C=N–C) groups is 2. The summed E-state index contributed by atoms with van der Waals surface area (Å²) in [5, 5.41) is 3.87. The largest absolute Gasteiger partial charge is 0.334 e. The van der Waals surface area contributed by atoms with Crippen molar-refractivity contribution in [3.63, 3.8) is 0 Å². The highest BCUT2D eigenvalue weighted by molar-refractivity contribution is 6.13. The van der Waals surface area contributed by atoms with E-state index in [-0.39, 0.29) is 17.6 Å². The Morgan fingerprint density at radius 2 is 1.42 bits per heavy atom. The topological polar surface area (TPSA) is 37.8 Å². The fourth-order valence-electron chi connectivity index (χ4n) is 9.60. The number of rotatable bonds is 9. The minimum atomic E-state index is -0.195. The molecule has 3 heterocycles. The van der Waals surface area contributed by atoms with Crippen molar-refractivity contribution < 1.29 is 0 Å². The number of aromatic nitrogens is 2. The normalized spacial score (nSPS) is 17.5. The molecule has 292 valence electrons. The maximum absolute atomic E-state index is 5.61. The first-order chi connectivity index (χ1) is 29.5. The number of hydrogen-bond acceptors (Lipinski definition) is 3. The Kier molecular flexibility index (Phi) is 9.42. The van der Waals surface area contributed by atoms with Crippen molar-refractivity contribution >= 4 is 50.5 Å². The van der Waals surface area contributed by atoms with Gasteiger partial charge >= 0.3 is 0 Å². The molecule has 2 aliphatic rings. The van der Waals surface area contributed by atoms with Crippen LogP contribution < -0.4 is 0 Å². The van der Waals surface area contributed by atoms with Gasteiger partial charge in [0.1, 0.15) is 12.0 Å². The van der Waals surface area contributed by atoms with Gasteiger partial charge in [0.25, 0.3) is 0 Å². The molecule has 1 aliphatic carbocycles. The van der Waals surface area contributed by atoms with E-state index in [0.29, 0.717) is 0 Å². The van der Waals surface area contributed by atoms with Crippen molar-refractivity contribution in [2.45, 2.75) is 50.7 Å². The van der Waals surface area contributed by atoms with E-state index in [2.05, 4.69) is 199 Å².